The first-order valence-electron chi connectivity index (χ1n) is 11.6. The number of hydrogen-bond acceptors (Lipinski definition) is 6. The number of benzene rings is 1. The van der Waals surface area contributed by atoms with Crippen LogP contribution in [0.2, 0.25) is 10.0 Å². The minimum absolute atomic E-state index is 0.118. The zero-order valence-corrected chi connectivity index (χ0v) is 23.0. The highest BCUT2D eigenvalue weighted by atomic mass is 35.5. The lowest BCUT2D eigenvalue weighted by molar-refractivity contribution is -0.159. The normalized spacial score (nSPS) is 24.8. The quantitative estimate of drug-likeness (QED) is 0.359. The number of likely N-dealkylation sites (tertiary alicyclic amines) is 1. The monoisotopic (exact) mass is 530 g/mol. The molecule has 1 saturated carbocycles. The van der Waals surface area contributed by atoms with Crippen LogP contribution in [0.15, 0.2) is 24.8 Å². The highest BCUT2D eigenvalue weighted by Gasteiger charge is 2.49. The molecule has 1 aromatic carbocycles. The second kappa shape index (κ2) is 11.4. The topological polar surface area (TPSA) is 60.0 Å². The van der Waals surface area contributed by atoms with Crippen LogP contribution in [-0.2, 0) is 20.8 Å². The Morgan fingerprint density at radius 3 is 2.50 bits per heavy atom. The van der Waals surface area contributed by atoms with Gasteiger partial charge in [0.25, 0.3) is 5.91 Å². The van der Waals surface area contributed by atoms with Crippen LogP contribution in [0.1, 0.15) is 46.6 Å². The summed E-state index contributed by atoms with van der Waals surface area (Å²) in [7, 11) is 0. The molecule has 2 aliphatic heterocycles. The minimum Gasteiger partial charge on any atom is -0.489 e. The summed E-state index contributed by atoms with van der Waals surface area (Å²) in [6.07, 6.45) is 2.64. The van der Waals surface area contributed by atoms with Gasteiger partial charge in [0.15, 0.2) is 11.9 Å². The van der Waals surface area contributed by atoms with Gasteiger partial charge in [0.2, 0.25) is 0 Å². The summed E-state index contributed by atoms with van der Waals surface area (Å²) in [5.74, 6) is 1.82. The standard InChI is InChI=1S/C14H19Cl2NOS.C11H17NO3/c1-5-6-18-13-8-12(16)11(15)7-10(13)9-17-19-14(2,3)4;1-11(2)14-6-9(15-11)10(13)12-4-7-3-8(7)5-12/h5,7-8,17H,1,6,9H2,2-4H3;7-9H,3-6H2,1-2H3. The lowest BCUT2D eigenvalue weighted by atomic mass is 10.2. The van der Waals surface area contributed by atoms with Crippen molar-refractivity contribution in [3.63, 3.8) is 0 Å². The first-order valence-corrected chi connectivity index (χ1v) is 13.2. The Balaban J connectivity index is 0.000000195. The summed E-state index contributed by atoms with van der Waals surface area (Å²) in [5, 5.41) is 1.03. The van der Waals surface area contributed by atoms with E-state index in [1.54, 1.807) is 24.1 Å². The number of nitrogens with zero attached hydrogens (tertiary/aromatic N) is 1. The van der Waals surface area contributed by atoms with E-state index < -0.39 is 5.79 Å². The molecule has 0 radical (unpaired) electrons. The van der Waals surface area contributed by atoms with E-state index in [4.69, 9.17) is 37.4 Å². The molecule has 2 saturated heterocycles. The van der Waals surface area contributed by atoms with E-state index in [0.29, 0.717) is 29.8 Å². The van der Waals surface area contributed by atoms with Gasteiger partial charge >= 0.3 is 0 Å². The molecule has 34 heavy (non-hydrogen) atoms. The number of ether oxygens (including phenoxy) is 3. The molecule has 0 aromatic heterocycles. The van der Waals surface area contributed by atoms with Crippen molar-refractivity contribution in [1.82, 2.24) is 9.62 Å². The van der Waals surface area contributed by atoms with Gasteiger partial charge < -0.3 is 19.1 Å². The third kappa shape index (κ3) is 8.04. The SMILES string of the molecule is C=CCOc1cc(Cl)c(Cl)cc1CNSC(C)(C)C.CC1(C)OCC(C(=O)N2CC3CC3C2)O1. The Bertz CT molecular complexity index is 880. The van der Waals surface area contributed by atoms with Gasteiger partial charge in [0.1, 0.15) is 12.4 Å². The third-order valence-electron chi connectivity index (χ3n) is 5.68. The van der Waals surface area contributed by atoms with Crippen molar-refractivity contribution < 1.29 is 19.0 Å². The molecule has 1 amide bonds. The van der Waals surface area contributed by atoms with Crippen LogP contribution in [0.3, 0.4) is 0 Å². The van der Waals surface area contributed by atoms with Crippen molar-refractivity contribution in [2.45, 2.75) is 64.2 Å². The Morgan fingerprint density at radius 2 is 1.94 bits per heavy atom. The molecule has 190 valence electrons. The van der Waals surface area contributed by atoms with Gasteiger partial charge in [-0.05, 0) is 58.9 Å². The number of piperidine rings is 1. The maximum atomic E-state index is 12.0. The van der Waals surface area contributed by atoms with E-state index in [1.807, 2.05) is 24.8 Å². The molecule has 9 heteroatoms. The highest BCUT2D eigenvalue weighted by Crippen LogP contribution is 2.45. The molecular weight excluding hydrogens is 495 g/mol. The lowest BCUT2D eigenvalue weighted by Crippen LogP contribution is -2.40. The molecule has 1 N–H and O–H groups in total. The number of nitrogens with one attached hydrogen (secondary N) is 1. The fraction of sp³-hybridized carbons (Fsp3) is 0.640. The number of halogens is 2. The molecule has 1 aliphatic carbocycles. The van der Waals surface area contributed by atoms with Crippen LogP contribution in [0.4, 0.5) is 0 Å². The van der Waals surface area contributed by atoms with Crippen LogP contribution < -0.4 is 9.46 Å². The van der Waals surface area contributed by atoms with Crippen molar-refractivity contribution in [3.8, 4) is 5.75 Å². The van der Waals surface area contributed by atoms with Crippen LogP contribution >= 0.6 is 35.1 Å². The van der Waals surface area contributed by atoms with Crippen LogP contribution in [-0.4, -0.2) is 53.7 Å². The highest BCUT2D eigenvalue weighted by molar-refractivity contribution is 7.98. The van der Waals surface area contributed by atoms with Crippen LogP contribution in [0.5, 0.6) is 5.75 Å². The molecule has 3 fully saturated rings. The van der Waals surface area contributed by atoms with Gasteiger partial charge in [-0.3, -0.25) is 9.52 Å². The molecule has 6 nitrogen and oxygen atoms in total. The van der Waals surface area contributed by atoms with E-state index in [9.17, 15) is 4.79 Å². The minimum atomic E-state index is -0.594. The van der Waals surface area contributed by atoms with Gasteiger partial charge in [-0.25, -0.2) is 0 Å². The molecule has 3 aliphatic rings. The van der Waals surface area contributed by atoms with Gasteiger partial charge in [-0.15, -0.1) is 0 Å². The van der Waals surface area contributed by atoms with Crippen LogP contribution in [0, 0.1) is 11.8 Å². The Morgan fingerprint density at radius 1 is 1.29 bits per heavy atom. The van der Waals surface area contributed by atoms with Gasteiger partial charge in [-0.2, -0.15) is 0 Å². The zero-order chi connectivity index (χ0) is 25.1. The predicted octanol–water partition coefficient (Wildman–Crippen LogP) is 5.71. The molecule has 4 rings (SSSR count). The van der Waals surface area contributed by atoms with E-state index >= 15 is 0 Å². The van der Waals surface area contributed by atoms with Gasteiger partial charge in [0, 0.05) is 36.0 Å². The second-order valence-electron chi connectivity index (χ2n) is 10.3. The van der Waals surface area contributed by atoms with Crippen LogP contribution in [0.25, 0.3) is 0 Å². The van der Waals surface area contributed by atoms with Crippen molar-refractivity contribution in [2.24, 2.45) is 11.8 Å². The summed E-state index contributed by atoms with van der Waals surface area (Å²) < 4.78 is 20.0. The molecule has 0 spiro atoms. The fourth-order valence-corrected chi connectivity index (χ4v) is 4.91. The van der Waals surface area contributed by atoms with Crippen molar-refractivity contribution in [1.29, 1.82) is 0 Å². The molecule has 3 atom stereocenters. The summed E-state index contributed by atoms with van der Waals surface area (Å²) >= 11 is 13.7. The maximum absolute atomic E-state index is 12.0. The predicted molar refractivity (Wildman–Crippen MR) is 139 cm³/mol. The van der Waals surface area contributed by atoms with Crippen molar-refractivity contribution in [3.05, 3.63) is 40.4 Å². The summed E-state index contributed by atoms with van der Waals surface area (Å²) in [6.45, 7) is 17.1. The van der Waals surface area contributed by atoms with Crippen molar-refractivity contribution >= 4 is 41.1 Å². The summed E-state index contributed by atoms with van der Waals surface area (Å²) in [6, 6.07) is 3.57. The Labute approximate surface area is 217 Å². The molecular formula is C25H36Cl2N2O4S. The second-order valence-corrected chi connectivity index (χ2v) is 12.9. The summed E-state index contributed by atoms with van der Waals surface area (Å²) in [4.78, 5) is 14.0. The first-order chi connectivity index (χ1) is 15.9. The molecule has 2 heterocycles. The lowest BCUT2D eigenvalue weighted by Gasteiger charge is -2.22. The maximum Gasteiger partial charge on any atom is 0.254 e. The van der Waals surface area contributed by atoms with E-state index in [0.717, 1.165) is 36.2 Å². The number of hydrogen-bond donors (Lipinski definition) is 1. The fourth-order valence-electron chi connectivity index (χ4n) is 3.91. The van der Waals surface area contributed by atoms with Gasteiger partial charge in [-0.1, -0.05) is 47.8 Å². The van der Waals surface area contributed by atoms with E-state index in [1.165, 1.54) is 6.42 Å². The number of rotatable bonds is 7. The number of amides is 1. The molecule has 1 aromatic rings. The third-order valence-corrected chi connectivity index (χ3v) is 7.30. The Kier molecular flexibility index (Phi) is 9.26. The average Bonchev–Trinajstić information content (AvgIpc) is 3.17. The number of carbonyl (C=O) groups excluding carboxylic acids is 1. The smallest absolute Gasteiger partial charge is 0.254 e. The first kappa shape index (κ1) is 27.6. The average molecular weight is 532 g/mol. The van der Waals surface area contributed by atoms with Gasteiger partial charge in [0.05, 0.1) is 16.7 Å². The zero-order valence-electron chi connectivity index (χ0n) is 20.7. The number of carbonyl (C=O) groups is 1. The Hall–Kier alpha value is -0.960. The van der Waals surface area contributed by atoms with E-state index in [-0.39, 0.29) is 16.8 Å². The largest absolute Gasteiger partial charge is 0.489 e. The summed E-state index contributed by atoms with van der Waals surface area (Å²) in [5.41, 5.74) is 0.980. The molecule has 3 unspecified atom stereocenters. The van der Waals surface area contributed by atoms with E-state index in [2.05, 4.69) is 32.1 Å². The molecule has 0 bridgehead atoms. The number of fused-ring (bicyclic) bond motifs is 1. The van der Waals surface area contributed by atoms with Crippen molar-refractivity contribution in [2.75, 3.05) is 26.3 Å².